The van der Waals surface area contributed by atoms with E-state index in [1.807, 2.05) is 30.3 Å². The van der Waals surface area contributed by atoms with Gasteiger partial charge in [0.15, 0.2) is 0 Å². The van der Waals surface area contributed by atoms with Crippen LogP contribution in [0.15, 0.2) is 30.3 Å². The molecule has 2 amide bonds. The molecule has 0 aromatic heterocycles. The maximum Gasteiger partial charge on any atom is 0.408 e. The van der Waals surface area contributed by atoms with Crippen molar-refractivity contribution in [1.29, 1.82) is 0 Å². The highest BCUT2D eigenvalue weighted by atomic mass is 16.6. The number of nitrogens with one attached hydrogen (secondary N) is 1. The van der Waals surface area contributed by atoms with Crippen LogP contribution in [-0.4, -0.2) is 48.4 Å². The van der Waals surface area contributed by atoms with E-state index in [4.69, 9.17) is 9.94 Å². The van der Waals surface area contributed by atoms with E-state index in [1.54, 1.807) is 0 Å². The number of alkyl carbamates (subject to hydrolysis) is 1. The Bertz CT molecular complexity index is 523. The molecule has 0 aliphatic carbocycles. The molecule has 1 aromatic rings. The number of unbranched alkanes of at least 4 members (excludes halogenated alkanes) is 1. The van der Waals surface area contributed by atoms with Crippen LogP contribution in [0.2, 0.25) is 0 Å². The van der Waals surface area contributed by atoms with E-state index in [9.17, 15) is 14.4 Å². The highest BCUT2D eigenvalue weighted by Gasteiger charge is 2.21. The second-order valence-corrected chi connectivity index (χ2v) is 5.05. The van der Waals surface area contributed by atoms with Gasteiger partial charge in [-0.3, -0.25) is 10.0 Å². The summed E-state index contributed by atoms with van der Waals surface area (Å²) in [4.78, 5) is 33.7. The fourth-order valence-corrected chi connectivity index (χ4v) is 1.97. The summed E-state index contributed by atoms with van der Waals surface area (Å²) in [5.74, 6) is -0.581. The van der Waals surface area contributed by atoms with Crippen molar-refractivity contribution in [3.8, 4) is 0 Å². The van der Waals surface area contributed by atoms with Gasteiger partial charge in [-0.25, -0.2) is 14.7 Å². The normalized spacial score (nSPS) is 11.2. The van der Waals surface area contributed by atoms with Gasteiger partial charge in [-0.15, -0.1) is 0 Å². The Kier molecular flexibility index (Phi) is 8.91. The zero-order valence-corrected chi connectivity index (χ0v) is 13.5. The van der Waals surface area contributed by atoms with Crippen molar-refractivity contribution in [3.05, 3.63) is 35.9 Å². The number of amides is 2. The largest absolute Gasteiger partial charge is 0.467 e. The van der Waals surface area contributed by atoms with Crippen molar-refractivity contribution in [1.82, 2.24) is 10.4 Å². The summed E-state index contributed by atoms with van der Waals surface area (Å²) in [6.45, 7) is 0.245. The average molecular weight is 338 g/mol. The van der Waals surface area contributed by atoms with E-state index in [-0.39, 0.29) is 13.2 Å². The summed E-state index contributed by atoms with van der Waals surface area (Å²) >= 11 is 0. The highest BCUT2D eigenvalue weighted by molar-refractivity contribution is 5.81. The van der Waals surface area contributed by atoms with Crippen molar-refractivity contribution in [2.24, 2.45) is 0 Å². The van der Waals surface area contributed by atoms with Gasteiger partial charge in [0.25, 0.3) is 0 Å². The number of hydroxylamine groups is 2. The number of rotatable bonds is 10. The minimum absolute atomic E-state index is 0.0966. The van der Waals surface area contributed by atoms with E-state index < -0.39 is 18.1 Å². The fourth-order valence-electron chi connectivity index (χ4n) is 1.97. The van der Waals surface area contributed by atoms with E-state index in [2.05, 4.69) is 10.1 Å². The van der Waals surface area contributed by atoms with Crippen molar-refractivity contribution in [3.63, 3.8) is 0 Å². The number of benzene rings is 1. The molecule has 0 saturated heterocycles. The van der Waals surface area contributed by atoms with Gasteiger partial charge in [0.1, 0.15) is 12.6 Å². The first-order valence-electron chi connectivity index (χ1n) is 7.52. The standard InChI is InChI=1S/C16H22N2O6/c1-23-15(20)14(9-5-6-10-18(22)12-19)17-16(21)24-11-13-7-3-2-4-8-13/h2-4,7-8,12,14,22H,5-6,9-11H2,1H3,(H,17,21)/t14-/m1/s1. The third kappa shape index (κ3) is 7.59. The Balaban J connectivity index is 2.39. The quantitative estimate of drug-likeness (QED) is 0.220. The second kappa shape index (κ2) is 11.0. The van der Waals surface area contributed by atoms with Crippen LogP contribution in [-0.2, 0) is 25.7 Å². The minimum atomic E-state index is -0.846. The molecule has 0 heterocycles. The number of ether oxygens (including phenoxy) is 2. The highest BCUT2D eigenvalue weighted by Crippen LogP contribution is 2.05. The molecule has 1 aromatic carbocycles. The van der Waals surface area contributed by atoms with Crippen LogP contribution in [0.25, 0.3) is 0 Å². The first kappa shape index (κ1) is 19.4. The molecule has 8 nitrogen and oxygen atoms in total. The maximum absolute atomic E-state index is 11.8. The molecule has 0 aliphatic rings. The molecule has 0 radical (unpaired) electrons. The summed E-state index contributed by atoms with van der Waals surface area (Å²) in [5.41, 5.74) is 0.833. The van der Waals surface area contributed by atoms with Crippen molar-refractivity contribution < 1.29 is 29.1 Å². The summed E-state index contributed by atoms with van der Waals surface area (Å²) < 4.78 is 9.71. The van der Waals surface area contributed by atoms with Crippen LogP contribution in [0.4, 0.5) is 4.79 Å². The molecule has 132 valence electrons. The van der Waals surface area contributed by atoms with Crippen molar-refractivity contribution >= 4 is 18.5 Å². The van der Waals surface area contributed by atoms with Gasteiger partial charge in [0, 0.05) is 6.54 Å². The number of carbonyl (C=O) groups excluding carboxylic acids is 3. The SMILES string of the molecule is COC(=O)[C@@H](CCCCN(O)C=O)NC(=O)OCc1ccccc1. The van der Waals surface area contributed by atoms with Gasteiger partial charge in [0.05, 0.1) is 7.11 Å². The smallest absolute Gasteiger partial charge is 0.408 e. The minimum Gasteiger partial charge on any atom is -0.467 e. The molecule has 2 N–H and O–H groups in total. The Morgan fingerprint density at radius 2 is 2.00 bits per heavy atom. The van der Waals surface area contributed by atoms with Crippen molar-refractivity contribution in [2.45, 2.75) is 31.9 Å². The lowest BCUT2D eigenvalue weighted by Crippen LogP contribution is -2.41. The fraction of sp³-hybridized carbons (Fsp3) is 0.438. The lowest BCUT2D eigenvalue weighted by molar-refractivity contribution is -0.150. The van der Waals surface area contributed by atoms with E-state index >= 15 is 0 Å². The monoisotopic (exact) mass is 338 g/mol. The third-order valence-corrected chi connectivity index (χ3v) is 3.24. The molecule has 0 bridgehead atoms. The number of methoxy groups -OCH3 is 1. The Hall–Kier alpha value is -2.61. The number of nitrogens with zero attached hydrogens (tertiary/aromatic N) is 1. The predicted molar refractivity (Wildman–Crippen MR) is 84.0 cm³/mol. The first-order valence-corrected chi connectivity index (χ1v) is 7.52. The van der Waals surface area contributed by atoms with Crippen LogP contribution in [0.3, 0.4) is 0 Å². The van der Waals surface area contributed by atoms with Gasteiger partial charge in [-0.05, 0) is 24.8 Å². The van der Waals surface area contributed by atoms with Gasteiger partial charge < -0.3 is 14.8 Å². The van der Waals surface area contributed by atoms with Gasteiger partial charge in [0.2, 0.25) is 6.41 Å². The van der Waals surface area contributed by atoms with Gasteiger partial charge in [-0.2, -0.15) is 0 Å². The Labute approximate surface area is 140 Å². The Morgan fingerprint density at radius 1 is 1.29 bits per heavy atom. The molecular weight excluding hydrogens is 316 g/mol. The summed E-state index contributed by atoms with van der Waals surface area (Å²) in [7, 11) is 1.23. The molecule has 0 unspecified atom stereocenters. The molecule has 24 heavy (non-hydrogen) atoms. The van der Waals surface area contributed by atoms with Crippen LogP contribution in [0.5, 0.6) is 0 Å². The van der Waals surface area contributed by atoms with E-state index in [0.29, 0.717) is 30.7 Å². The number of hydrogen-bond acceptors (Lipinski definition) is 6. The molecule has 0 fully saturated rings. The summed E-state index contributed by atoms with van der Waals surface area (Å²) in [6.07, 6.45) is 0.870. The zero-order chi connectivity index (χ0) is 17.8. The summed E-state index contributed by atoms with van der Waals surface area (Å²) in [6, 6.07) is 8.31. The van der Waals surface area contributed by atoms with E-state index in [0.717, 1.165) is 5.56 Å². The predicted octanol–water partition coefficient (Wildman–Crippen LogP) is 1.47. The molecule has 0 aliphatic heterocycles. The summed E-state index contributed by atoms with van der Waals surface area (Å²) in [5, 5.41) is 12.0. The Morgan fingerprint density at radius 3 is 2.62 bits per heavy atom. The van der Waals surface area contributed by atoms with Crippen LogP contribution >= 0.6 is 0 Å². The van der Waals surface area contributed by atoms with Crippen molar-refractivity contribution in [2.75, 3.05) is 13.7 Å². The topological polar surface area (TPSA) is 105 Å². The molecular formula is C16H22N2O6. The van der Waals surface area contributed by atoms with Gasteiger partial charge in [-0.1, -0.05) is 30.3 Å². The van der Waals surface area contributed by atoms with E-state index in [1.165, 1.54) is 7.11 Å². The first-order chi connectivity index (χ1) is 11.6. The van der Waals surface area contributed by atoms with Crippen LogP contribution in [0.1, 0.15) is 24.8 Å². The second-order valence-electron chi connectivity index (χ2n) is 5.05. The molecule has 0 spiro atoms. The number of esters is 1. The van der Waals surface area contributed by atoms with Crippen LogP contribution in [0, 0.1) is 0 Å². The van der Waals surface area contributed by atoms with Crippen LogP contribution < -0.4 is 5.32 Å². The molecule has 1 rings (SSSR count). The average Bonchev–Trinajstić information content (AvgIpc) is 2.62. The lowest BCUT2D eigenvalue weighted by atomic mass is 10.1. The third-order valence-electron chi connectivity index (χ3n) is 3.24. The lowest BCUT2D eigenvalue weighted by Gasteiger charge is -2.16. The molecule has 1 atom stereocenters. The maximum atomic E-state index is 11.8. The number of hydrogen-bond donors (Lipinski definition) is 2. The molecule has 0 saturated carbocycles. The number of carbonyl (C=O) groups is 3. The zero-order valence-electron chi connectivity index (χ0n) is 13.5. The van der Waals surface area contributed by atoms with Gasteiger partial charge >= 0.3 is 12.1 Å². The molecule has 8 heteroatoms.